The zero-order valence-corrected chi connectivity index (χ0v) is 17.6. The van der Waals surface area contributed by atoms with Crippen molar-refractivity contribution < 1.29 is 14.1 Å². The highest BCUT2D eigenvalue weighted by molar-refractivity contribution is 5.88. The minimum atomic E-state index is -0.573. The number of hydrogen-bond acceptors (Lipinski definition) is 5. The van der Waals surface area contributed by atoms with Gasteiger partial charge in [0.15, 0.2) is 5.82 Å². The zero-order chi connectivity index (χ0) is 20.3. The third-order valence-electron chi connectivity index (χ3n) is 7.11. The van der Waals surface area contributed by atoms with Crippen LogP contribution in [0, 0.1) is 5.92 Å². The molecule has 4 rings (SSSR count). The van der Waals surface area contributed by atoms with E-state index in [0.717, 1.165) is 57.8 Å². The summed E-state index contributed by atoms with van der Waals surface area (Å²) >= 11 is 0. The predicted molar refractivity (Wildman–Crippen MR) is 108 cm³/mol. The van der Waals surface area contributed by atoms with Gasteiger partial charge >= 0.3 is 0 Å². The molecule has 7 nitrogen and oxygen atoms in total. The Morgan fingerprint density at radius 1 is 1.07 bits per heavy atom. The Hall–Kier alpha value is -1.92. The fourth-order valence-corrected chi connectivity index (χ4v) is 5.47. The van der Waals surface area contributed by atoms with Crippen molar-refractivity contribution in [3.05, 3.63) is 11.7 Å². The quantitative estimate of drug-likeness (QED) is 0.762. The summed E-state index contributed by atoms with van der Waals surface area (Å²) in [6.07, 6.45) is 13.5. The van der Waals surface area contributed by atoms with E-state index in [1.54, 1.807) is 11.8 Å². The highest BCUT2D eigenvalue weighted by atomic mass is 16.5. The minimum absolute atomic E-state index is 0.0315. The number of nitrogens with zero attached hydrogens (tertiary/aromatic N) is 3. The second-order valence-corrected chi connectivity index (χ2v) is 9.22. The molecule has 2 aliphatic carbocycles. The maximum absolute atomic E-state index is 13.2. The Morgan fingerprint density at radius 2 is 1.79 bits per heavy atom. The largest absolute Gasteiger partial charge is 0.341 e. The summed E-state index contributed by atoms with van der Waals surface area (Å²) in [6, 6.07) is -0.377. The smallest absolute Gasteiger partial charge is 0.243 e. The number of nitrogens with one attached hydrogen (secondary N) is 1. The van der Waals surface area contributed by atoms with Gasteiger partial charge < -0.3 is 14.7 Å². The molecule has 1 aromatic rings. The van der Waals surface area contributed by atoms with Crippen molar-refractivity contribution in [3.8, 4) is 0 Å². The average Bonchev–Trinajstić information content (AvgIpc) is 3.44. The third kappa shape index (κ3) is 4.48. The Bertz CT molecular complexity index is 717. The van der Waals surface area contributed by atoms with Crippen molar-refractivity contribution in [2.45, 2.75) is 102 Å². The van der Waals surface area contributed by atoms with E-state index >= 15 is 0 Å². The van der Waals surface area contributed by atoms with Crippen molar-refractivity contribution >= 4 is 11.8 Å². The number of amides is 2. The average molecular weight is 403 g/mol. The van der Waals surface area contributed by atoms with Gasteiger partial charge in [0.2, 0.25) is 17.7 Å². The van der Waals surface area contributed by atoms with E-state index in [2.05, 4.69) is 10.5 Å². The molecule has 160 valence electrons. The van der Waals surface area contributed by atoms with E-state index in [0.29, 0.717) is 24.2 Å². The Kier molecular flexibility index (Phi) is 6.20. The van der Waals surface area contributed by atoms with E-state index in [1.807, 2.05) is 0 Å². The van der Waals surface area contributed by atoms with E-state index in [4.69, 9.17) is 9.51 Å². The molecule has 1 aromatic heterocycles. The molecule has 1 aliphatic heterocycles. The van der Waals surface area contributed by atoms with Crippen molar-refractivity contribution in [1.82, 2.24) is 20.4 Å². The standard InChI is InChI=1S/C22H34N4O3/c1-16(27)26-14-8-11-18(26)20(28)24-22(12-6-2-3-7-13-22)21-23-19(29-25-21)15-17-9-4-5-10-17/h17-18H,2-15H2,1H3,(H,24,28)/t18-/m0/s1. The lowest BCUT2D eigenvalue weighted by molar-refractivity contribution is -0.138. The van der Waals surface area contributed by atoms with Gasteiger partial charge in [0.05, 0.1) is 0 Å². The van der Waals surface area contributed by atoms with E-state index < -0.39 is 5.54 Å². The molecule has 3 aliphatic rings. The van der Waals surface area contributed by atoms with Crippen LogP contribution in [0.2, 0.25) is 0 Å². The Balaban J connectivity index is 1.53. The molecule has 1 saturated heterocycles. The summed E-state index contributed by atoms with van der Waals surface area (Å²) in [7, 11) is 0. The van der Waals surface area contributed by atoms with Crippen LogP contribution in [-0.2, 0) is 21.5 Å². The van der Waals surface area contributed by atoms with Gasteiger partial charge in [-0.15, -0.1) is 0 Å². The number of hydrogen-bond donors (Lipinski definition) is 1. The molecule has 0 unspecified atom stereocenters. The number of aromatic nitrogens is 2. The highest BCUT2D eigenvalue weighted by Gasteiger charge is 2.42. The van der Waals surface area contributed by atoms with E-state index in [-0.39, 0.29) is 17.9 Å². The molecule has 7 heteroatoms. The van der Waals surface area contributed by atoms with Gasteiger partial charge in [-0.3, -0.25) is 9.59 Å². The lowest BCUT2D eigenvalue weighted by Crippen LogP contribution is -2.53. The van der Waals surface area contributed by atoms with Crippen LogP contribution in [0.15, 0.2) is 4.52 Å². The first-order valence-corrected chi connectivity index (χ1v) is 11.5. The van der Waals surface area contributed by atoms with Gasteiger partial charge in [-0.2, -0.15) is 4.98 Å². The van der Waals surface area contributed by atoms with E-state index in [1.165, 1.54) is 25.7 Å². The molecule has 0 aromatic carbocycles. The predicted octanol–water partition coefficient (Wildman–Crippen LogP) is 3.48. The molecular formula is C22H34N4O3. The first-order valence-electron chi connectivity index (χ1n) is 11.5. The molecule has 29 heavy (non-hydrogen) atoms. The molecule has 1 atom stereocenters. The fraction of sp³-hybridized carbons (Fsp3) is 0.818. The van der Waals surface area contributed by atoms with Crippen molar-refractivity contribution in [3.63, 3.8) is 0 Å². The summed E-state index contributed by atoms with van der Waals surface area (Å²) < 4.78 is 5.64. The molecule has 2 amide bonds. The summed E-state index contributed by atoms with van der Waals surface area (Å²) in [5.41, 5.74) is -0.573. The Labute approximate surface area is 173 Å². The monoisotopic (exact) mass is 402 g/mol. The van der Waals surface area contributed by atoms with Crippen LogP contribution in [0.5, 0.6) is 0 Å². The zero-order valence-electron chi connectivity index (χ0n) is 17.6. The van der Waals surface area contributed by atoms with Gasteiger partial charge in [0.1, 0.15) is 11.6 Å². The first-order chi connectivity index (χ1) is 14.1. The maximum Gasteiger partial charge on any atom is 0.243 e. The van der Waals surface area contributed by atoms with Crippen LogP contribution in [0.1, 0.15) is 95.7 Å². The van der Waals surface area contributed by atoms with Crippen LogP contribution in [-0.4, -0.2) is 39.4 Å². The van der Waals surface area contributed by atoms with Gasteiger partial charge in [-0.1, -0.05) is 43.7 Å². The van der Waals surface area contributed by atoms with Crippen LogP contribution in [0.4, 0.5) is 0 Å². The lowest BCUT2D eigenvalue weighted by atomic mass is 9.88. The number of likely N-dealkylation sites (tertiary alicyclic amines) is 1. The number of carbonyl (C=O) groups excluding carboxylic acids is 2. The first kappa shape index (κ1) is 20.4. The highest BCUT2D eigenvalue weighted by Crippen LogP contribution is 2.36. The summed E-state index contributed by atoms with van der Waals surface area (Å²) in [6.45, 7) is 2.20. The molecule has 0 bridgehead atoms. The molecule has 0 spiro atoms. The molecule has 2 heterocycles. The van der Waals surface area contributed by atoms with E-state index in [9.17, 15) is 9.59 Å². The normalized spacial score (nSPS) is 25.1. The van der Waals surface area contributed by atoms with Gasteiger partial charge in [0.25, 0.3) is 0 Å². The van der Waals surface area contributed by atoms with Crippen molar-refractivity contribution in [2.24, 2.45) is 5.92 Å². The molecule has 1 N–H and O–H groups in total. The summed E-state index contributed by atoms with van der Waals surface area (Å²) in [4.78, 5) is 31.6. The SMILES string of the molecule is CC(=O)N1CCC[C@H]1C(=O)NC1(c2noc(CC3CCCC3)n2)CCCCCC1. The van der Waals surface area contributed by atoms with Crippen LogP contribution in [0.3, 0.4) is 0 Å². The molecule has 3 fully saturated rings. The summed E-state index contributed by atoms with van der Waals surface area (Å²) in [5.74, 6) is 1.88. The van der Waals surface area contributed by atoms with Crippen molar-refractivity contribution in [2.75, 3.05) is 6.54 Å². The third-order valence-corrected chi connectivity index (χ3v) is 7.11. The van der Waals surface area contributed by atoms with Gasteiger partial charge in [-0.25, -0.2) is 0 Å². The number of rotatable bonds is 5. The fourth-order valence-electron chi connectivity index (χ4n) is 5.47. The minimum Gasteiger partial charge on any atom is -0.341 e. The van der Waals surface area contributed by atoms with Crippen LogP contribution < -0.4 is 5.32 Å². The van der Waals surface area contributed by atoms with Gasteiger partial charge in [-0.05, 0) is 44.4 Å². The topological polar surface area (TPSA) is 88.3 Å². The molecular weight excluding hydrogens is 368 g/mol. The maximum atomic E-state index is 13.2. The Morgan fingerprint density at radius 3 is 2.48 bits per heavy atom. The second kappa shape index (κ2) is 8.84. The van der Waals surface area contributed by atoms with Crippen molar-refractivity contribution in [1.29, 1.82) is 0 Å². The second-order valence-electron chi connectivity index (χ2n) is 9.22. The summed E-state index contributed by atoms with van der Waals surface area (Å²) in [5, 5.41) is 7.65. The van der Waals surface area contributed by atoms with Crippen LogP contribution in [0.25, 0.3) is 0 Å². The lowest BCUT2D eigenvalue weighted by Gasteiger charge is -2.33. The van der Waals surface area contributed by atoms with Gasteiger partial charge in [0, 0.05) is 19.9 Å². The molecule has 2 saturated carbocycles. The molecule has 0 radical (unpaired) electrons. The van der Waals surface area contributed by atoms with Crippen LogP contribution >= 0.6 is 0 Å². The number of carbonyl (C=O) groups is 2.